The number of aromatic amines is 1. The Hall–Kier alpha value is -2.92. The van der Waals surface area contributed by atoms with Crippen LogP contribution in [0.2, 0.25) is 0 Å². The van der Waals surface area contributed by atoms with Crippen LogP contribution in [0.4, 0.5) is 0 Å². The lowest BCUT2D eigenvalue weighted by molar-refractivity contribution is 0.00244. The Balaban J connectivity index is 1.44. The first kappa shape index (κ1) is 26.7. The first-order valence-corrected chi connectivity index (χ1v) is 11.6. The SMILES string of the molecule is COCCOCCOCCOCCn1cc(C(=O)c2cc3cc(C(=O)C(C)(C)C)ccc3[nH]2)nn1. The van der Waals surface area contributed by atoms with Crippen molar-refractivity contribution >= 4 is 22.5 Å². The smallest absolute Gasteiger partial charge is 0.231 e. The zero-order chi connectivity index (χ0) is 25.3. The second-order valence-corrected chi connectivity index (χ2v) is 9.09. The highest BCUT2D eigenvalue weighted by Crippen LogP contribution is 2.25. The number of nitrogens with zero attached hydrogens (tertiary/aromatic N) is 3. The van der Waals surface area contributed by atoms with Crippen molar-refractivity contribution in [3.63, 3.8) is 0 Å². The lowest BCUT2D eigenvalue weighted by Gasteiger charge is -2.16. The van der Waals surface area contributed by atoms with Crippen LogP contribution >= 0.6 is 0 Å². The number of benzene rings is 1. The Labute approximate surface area is 204 Å². The summed E-state index contributed by atoms with van der Waals surface area (Å²) in [7, 11) is 1.63. The van der Waals surface area contributed by atoms with Crippen molar-refractivity contribution < 1.29 is 28.5 Å². The fourth-order valence-electron chi connectivity index (χ4n) is 3.32. The first-order chi connectivity index (χ1) is 16.8. The summed E-state index contributed by atoms with van der Waals surface area (Å²) in [5.41, 5.74) is 1.56. The van der Waals surface area contributed by atoms with Gasteiger partial charge in [-0.25, -0.2) is 4.68 Å². The average Bonchev–Trinajstić information content (AvgIpc) is 3.47. The second kappa shape index (κ2) is 12.7. The number of hydrogen-bond acceptors (Lipinski definition) is 8. The molecule has 2 aromatic heterocycles. The number of H-pyrrole nitrogens is 1. The summed E-state index contributed by atoms with van der Waals surface area (Å²) in [6.07, 6.45) is 1.60. The van der Waals surface area contributed by atoms with Gasteiger partial charge in [0.2, 0.25) is 5.78 Å². The summed E-state index contributed by atoms with van der Waals surface area (Å²) in [6, 6.07) is 7.14. The van der Waals surface area contributed by atoms with Crippen LogP contribution in [0.1, 0.15) is 47.3 Å². The Bertz CT molecular complexity index is 1110. The van der Waals surface area contributed by atoms with Gasteiger partial charge in [-0.3, -0.25) is 9.59 Å². The molecule has 3 rings (SSSR count). The van der Waals surface area contributed by atoms with E-state index >= 15 is 0 Å². The van der Waals surface area contributed by atoms with E-state index in [4.69, 9.17) is 18.9 Å². The Kier molecular flexibility index (Phi) is 9.67. The third-order valence-electron chi connectivity index (χ3n) is 5.22. The van der Waals surface area contributed by atoms with Gasteiger partial charge in [0.15, 0.2) is 11.5 Å². The molecule has 1 aromatic carbocycles. The number of methoxy groups -OCH3 is 1. The van der Waals surface area contributed by atoms with Gasteiger partial charge in [0.25, 0.3) is 0 Å². The lowest BCUT2D eigenvalue weighted by Crippen LogP contribution is -2.19. The Morgan fingerprint density at radius 1 is 0.943 bits per heavy atom. The predicted molar refractivity (Wildman–Crippen MR) is 130 cm³/mol. The molecule has 0 unspecified atom stereocenters. The minimum Gasteiger partial charge on any atom is -0.382 e. The molecule has 3 aromatic rings. The zero-order valence-corrected chi connectivity index (χ0v) is 20.8. The van der Waals surface area contributed by atoms with Gasteiger partial charge in [-0.05, 0) is 24.3 Å². The summed E-state index contributed by atoms with van der Waals surface area (Å²) in [5, 5.41) is 8.81. The summed E-state index contributed by atoms with van der Waals surface area (Å²) in [4.78, 5) is 28.6. The molecule has 10 heteroatoms. The summed E-state index contributed by atoms with van der Waals surface area (Å²) in [6.45, 7) is 9.61. The maximum atomic E-state index is 12.9. The molecule has 0 fully saturated rings. The molecule has 10 nitrogen and oxygen atoms in total. The topological polar surface area (TPSA) is 118 Å². The van der Waals surface area contributed by atoms with Gasteiger partial charge < -0.3 is 23.9 Å². The minimum atomic E-state index is -0.475. The normalized spacial score (nSPS) is 11.9. The van der Waals surface area contributed by atoms with Crippen LogP contribution in [0.5, 0.6) is 0 Å². The summed E-state index contributed by atoms with van der Waals surface area (Å²) in [5.74, 6) is -0.213. The van der Waals surface area contributed by atoms with E-state index in [0.29, 0.717) is 64.1 Å². The number of ether oxygens (including phenoxy) is 4. The molecule has 0 spiro atoms. The maximum Gasteiger partial charge on any atom is 0.231 e. The molecule has 190 valence electrons. The van der Waals surface area contributed by atoms with Crippen molar-refractivity contribution in [2.24, 2.45) is 5.41 Å². The van der Waals surface area contributed by atoms with Crippen LogP contribution in [0.3, 0.4) is 0 Å². The van der Waals surface area contributed by atoms with Crippen molar-refractivity contribution in [1.82, 2.24) is 20.0 Å². The predicted octanol–water partition coefficient (Wildman–Crippen LogP) is 2.92. The second-order valence-electron chi connectivity index (χ2n) is 9.09. The molecule has 2 heterocycles. The van der Waals surface area contributed by atoms with E-state index in [-0.39, 0.29) is 17.3 Å². The van der Waals surface area contributed by atoms with Crippen LogP contribution in [-0.2, 0) is 25.5 Å². The average molecular weight is 487 g/mol. The molecular formula is C25H34N4O6. The van der Waals surface area contributed by atoms with Crippen LogP contribution in [0.25, 0.3) is 10.9 Å². The van der Waals surface area contributed by atoms with Gasteiger partial charge in [-0.1, -0.05) is 26.0 Å². The van der Waals surface area contributed by atoms with Gasteiger partial charge in [0.1, 0.15) is 0 Å². The van der Waals surface area contributed by atoms with Gasteiger partial charge in [-0.2, -0.15) is 0 Å². The lowest BCUT2D eigenvalue weighted by atomic mass is 9.86. The third-order valence-corrected chi connectivity index (χ3v) is 5.22. The van der Waals surface area contributed by atoms with E-state index in [2.05, 4.69) is 15.3 Å². The highest BCUT2D eigenvalue weighted by molar-refractivity contribution is 6.09. The van der Waals surface area contributed by atoms with Gasteiger partial charge >= 0.3 is 0 Å². The van der Waals surface area contributed by atoms with Gasteiger partial charge in [0.05, 0.1) is 64.7 Å². The fourth-order valence-corrected chi connectivity index (χ4v) is 3.32. The molecule has 0 amide bonds. The molecular weight excluding hydrogens is 452 g/mol. The minimum absolute atomic E-state index is 0.0529. The quantitative estimate of drug-likeness (QED) is 0.257. The van der Waals surface area contributed by atoms with Crippen molar-refractivity contribution in [2.75, 3.05) is 53.4 Å². The number of rotatable bonds is 15. The largest absolute Gasteiger partial charge is 0.382 e. The standard InChI is InChI=1S/C25H34N4O6/c1-25(2,3)24(31)18-5-6-20-19(15-18)16-21(26-20)23(30)22-17-29(28-27-22)7-8-33-11-12-35-14-13-34-10-9-32-4/h5-6,15-17,26H,7-14H2,1-4H3. The molecule has 0 saturated carbocycles. The van der Waals surface area contributed by atoms with Crippen molar-refractivity contribution in [1.29, 1.82) is 0 Å². The number of ketones is 2. The molecule has 0 saturated heterocycles. The van der Waals surface area contributed by atoms with Crippen molar-refractivity contribution in [2.45, 2.75) is 27.3 Å². The fraction of sp³-hybridized carbons (Fsp3) is 0.520. The van der Waals surface area contributed by atoms with Crippen molar-refractivity contribution in [3.8, 4) is 0 Å². The van der Waals surface area contributed by atoms with Crippen LogP contribution < -0.4 is 0 Å². The van der Waals surface area contributed by atoms with Crippen LogP contribution in [0, 0.1) is 5.41 Å². The van der Waals surface area contributed by atoms with E-state index in [1.165, 1.54) is 0 Å². The number of fused-ring (bicyclic) bond motifs is 1. The highest BCUT2D eigenvalue weighted by Gasteiger charge is 2.23. The molecule has 0 atom stereocenters. The Morgan fingerprint density at radius 2 is 1.60 bits per heavy atom. The van der Waals surface area contributed by atoms with E-state index < -0.39 is 5.41 Å². The molecule has 0 aliphatic carbocycles. The highest BCUT2D eigenvalue weighted by atomic mass is 16.6. The number of aromatic nitrogens is 4. The zero-order valence-electron chi connectivity index (χ0n) is 20.8. The first-order valence-electron chi connectivity index (χ1n) is 11.6. The monoisotopic (exact) mass is 486 g/mol. The van der Waals surface area contributed by atoms with Crippen LogP contribution in [0.15, 0.2) is 30.5 Å². The molecule has 0 aliphatic rings. The third kappa shape index (κ3) is 7.79. The number of nitrogens with one attached hydrogen (secondary N) is 1. The summed E-state index contributed by atoms with van der Waals surface area (Å²) >= 11 is 0. The molecule has 35 heavy (non-hydrogen) atoms. The molecule has 1 N–H and O–H groups in total. The molecule has 0 bridgehead atoms. The molecule has 0 radical (unpaired) electrons. The number of hydrogen-bond donors (Lipinski definition) is 1. The van der Waals surface area contributed by atoms with E-state index in [1.54, 1.807) is 30.1 Å². The Morgan fingerprint density at radius 3 is 2.26 bits per heavy atom. The number of Topliss-reactive ketones (excluding diaryl/α,β-unsaturated/α-hetero) is 1. The summed E-state index contributed by atoms with van der Waals surface area (Å²) < 4.78 is 22.7. The molecule has 0 aliphatic heterocycles. The maximum absolute atomic E-state index is 12.9. The van der Waals surface area contributed by atoms with Gasteiger partial charge in [0, 0.05) is 29.0 Å². The van der Waals surface area contributed by atoms with Crippen LogP contribution in [-0.4, -0.2) is 84.9 Å². The van der Waals surface area contributed by atoms with E-state index in [0.717, 1.165) is 10.9 Å². The number of carbonyl (C=O) groups is 2. The van der Waals surface area contributed by atoms with Gasteiger partial charge in [-0.15, -0.1) is 5.10 Å². The number of carbonyl (C=O) groups excluding carboxylic acids is 2. The van der Waals surface area contributed by atoms with Crippen molar-refractivity contribution in [3.05, 3.63) is 47.4 Å². The van der Waals surface area contributed by atoms with E-state index in [9.17, 15) is 9.59 Å². The van der Waals surface area contributed by atoms with E-state index in [1.807, 2.05) is 32.9 Å².